The Morgan fingerprint density at radius 3 is 2.85 bits per heavy atom. The van der Waals surface area contributed by atoms with E-state index in [9.17, 15) is 4.79 Å². The van der Waals surface area contributed by atoms with Gasteiger partial charge in [0.05, 0.1) is 11.8 Å². The van der Waals surface area contributed by atoms with Gasteiger partial charge in [-0.15, -0.1) is 12.4 Å². The number of rotatable bonds is 1. The summed E-state index contributed by atoms with van der Waals surface area (Å²) in [5, 5.41) is 0.593. The highest BCUT2D eigenvalue weighted by molar-refractivity contribution is 6.31. The predicted octanol–water partition coefficient (Wildman–Crippen LogP) is 3.91. The highest BCUT2D eigenvalue weighted by atomic mass is 35.5. The van der Waals surface area contributed by atoms with Gasteiger partial charge < -0.3 is 10.5 Å². The van der Waals surface area contributed by atoms with E-state index in [4.69, 9.17) is 22.1 Å². The van der Waals surface area contributed by atoms with Crippen LogP contribution in [0.3, 0.4) is 0 Å². The summed E-state index contributed by atoms with van der Waals surface area (Å²) in [6.07, 6.45) is 1.21. The molecule has 20 heavy (non-hydrogen) atoms. The second kappa shape index (κ2) is 7.16. The van der Waals surface area contributed by atoms with Crippen molar-refractivity contribution in [3.05, 3.63) is 28.8 Å². The summed E-state index contributed by atoms with van der Waals surface area (Å²) in [4.78, 5) is 13.8. The van der Waals surface area contributed by atoms with Gasteiger partial charge in [-0.25, -0.2) is 4.79 Å². The van der Waals surface area contributed by atoms with E-state index in [1.165, 1.54) is 0 Å². The van der Waals surface area contributed by atoms with Crippen molar-refractivity contribution in [2.45, 2.75) is 38.8 Å². The number of halogens is 2. The molecule has 1 heterocycles. The van der Waals surface area contributed by atoms with Crippen LogP contribution in [0.5, 0.6) is 0 Å². The number of carbonyl (C=O) groups excluding carboxylic acids is 1. The number of hydrogen-bond donors (Lipinski definition) is 1. The quantitative estimate of drug-likeness (QED) is 0.854. The normalized spacial score (nSPS) is 18.1. The Hall–Kier alpha value is -0.970. The van der Waals surface area contributed by atoms with E-state index >= 15 is 0 Å². The van der Waals surface area contributed by atoms with Gasteiger partial charge in [0.1, 0.15) is 0 Å². The minimum absolute atomic E-state index is 0. The first-order valence-corrected chi connectivity index (χ1v) is 6.90. The molecule has 0 aromatic heterocycles. The first kappa shape index (κ1) is 17.1. The van der Waals surface area contributed by atoms with Gasteiger partial charge in [-0.2, -0.15) is 0 Å². The van der Waals surface area contributed by atoms with Crippen LogP contribution in [0.4, 0.5) is 10.5 Å². The standard InChI is InChI=1S/C14H19ClN2O2.ClH/c1-9(2)19-14(18)17-7-3-4-12(16)11-6-5-10(15)8-13(11)17;/h5-6,8-9,12H,3-4,7,16H2,1-2H3;1H. The monoisotopic (exact) mass is 318 g/mol. The average Bonchev–Trinajstić information content (AvgIpc) is 2.47. The largest absolute Gasteiger partial charge is 0.446 e. The topological polar surface area (TPSA) is 55.6 Å². The Morgan fingerprint density at radius 2 is 2.20 bits per heavy atom. The molecule has 2 rings (SSSR count). The van der Waals surface area contributed by atoms with Crippen LogP contribution in [0.25, 0.3) is 0 Å². The fourth-order valence-corrected chi connectivity index (χ4v) is 2.43. The van der Waals surface area contributed by atoms with E-state index in [-0.39, 0.29) is 30.6 Å². The number of ether oxygens (including phenoxy) is 1. The molecule has 1 unspecified atom stereocenters. The first-order valence-electron chi connectivity index (χ1n) is 6.52. The third-order valence-electron chi connectivity index (χ3n) is 3.14. The Kier molecular flexibility index (Phi) is 6.11. The van der Waals surface area contributed by atoms with Crippen molar-refractivity contribution in [3.63, 3.8) is 0 Å². The molecule has 1 aliphatic rings. The maximum absolute atomic E-state index is 12.2. The lowest BCUT2D eigenvalue weighted by Gasteiger charge is -2.24. The van der Waals surface area contributed by atoms with E-state index in [0.717, 1.165) is 24.1 Å². The molecule has 1 aliphatic heterocycles. The van der Waals surface area contributed by atoms with Crippen molar-refractivity contribution in [1.82, 2.24) is 0 Å². The van der Waals surface area contributed by atoms with Crippen LogP contribution < -0.4 is 10.6 Å². The van der Waals surface area contributed by atoms with Gasteiger partial charge in [-0.3, -0.25) is 4.90 Å². The van der Waals surface area contributed by atoms with Gasteiger partial charge in [0.25, 0.3) is 0 Å². The van der Waals surface area contributed by atoms with Crippen LogP contribution in [0.2, 0.25) is 5.02 Å². The van der Waals surface area contributed by atoms with Crippen molar-refractivity contribution in [2.24, 2.45) is 5.73 Å². The lowest BCUT2D eigenvalue weighted by atomic mass is 10.0. The molecule has 4 nitrogen and oxygen atoms in total. The molecule has 1 aromatic carbocycles. The number of nitrogens with zero attached hydrogens (tertiary/aromatic N) is 1. The van der Waals surface area contributed by atoms with Gasteiger partial charge >= 0.3 is 6.09 Å². The molecule has 6 heteroatoms. The van der Waals surface area contributed by atoms with Crippen LogP contribution in [0.1, 0.15) is 38.3 Å². The molecule has 112 valence electrons. The molecule has 1 amide bonds. The molecular weight excluding hydrogens is 299 g/mol. The van der Waals surface area contributed by atoms with Gasteiger partial charge in [0.15, 0.2) is 0 Å². The molecule has 0 radical (unpaired) electrons. The second-order valence-corrected chi connectivity index (χ2v) is 5.47. The first-order chi connectivity index (χ1) is 8.99. The number of amides is 1. The average molecular weight is 319 g/mol. The zero-order valence-corrected chi connectivity index (χ0v) is 13.2. The maximum Gasteiger partial charge on any atom is 0.414 e. The van der Waals surface area contributed by atoms with E-state index < -0.39 is 0 Å². The van der Waals surface area contributed by atoms with Crippen molar-refractivity contribution in [2.75, 3.05) is 11.4 Å². The number of benzene rings is 1. The highest BCUT2D eigenvalue weighted by Crippen LogP contribution is 2.34. The summed E-state index contributed by atoms with van der Waals surface area (Å²) >= 11 is 6.03. The van der Waals surface area contributed by atoms with Crippen LogP contribution in [0, 0.1) is 0 Å². The van der Waals surface area contributed by atoms with E-state index in [1.54, 1.807) is 17.0 Å². The SMILES string of the molecule is CC(C)OC(=O)N1CCCC(N)c2ccc(Cl)cc21.Cl. The molecule has 0 fully saturated rings. The van der Waals surface area contributed by atoms with Crippen molar-refractivity contribution >= 4 is 35.8 Å². The molecule has 0 saturated heterocycles. The Balaban J connectivity index is 0.00000200. The molecule has 1 atom stereocenters. The van der Waals surface area contributed by atoms with Gasteiger partial charge in [-0.05, 0) is 44.4 Å². The number of fused-ring (bicyclic) bond motifs is 1. The van der Waals surface area contributed by atoms with Gasteiger partial charge in [0.2, 0.25) is 0 Å². The number of carbonyl (C=O) groups is 1. The van der Waals surface area contributed by atoms with E-state index in [1.807, 2.05) is 19.9 Å². The highest BCUT2D eigenvalue weighted by Gasteiger charge is 2.26. The molecule has 0 saturated carbocycles. The molecule has 0 spiro atoms. The minimum Gasteiger partial charge on any atom is -0.446 e. The molecular formula is C14H20Cl2N2O2. The summed E-state index contributed by atoms with van der Waals surface area (Å²) in [7, 11) is 0. The van der Waals surface area contributed by atoms with Crippen LogP contribution >= 0.6 is 24.0 Å². The Bertz CT molecular complexity index is 480. The van der Waals surface area contributed by atoms with Crippen LogP contribution in [0.15, 0.2) is 18.2 Å². The molecule has 0 aliphatic carbocycles. The van der Waals surface area contributed by atoms with Gasteiger partial charge in [-0.1, -0.05) is 17.7 Å². The molecule has 0 bridgehead atoms. The van der Waals surface area contributed by atoms with E-state index in [0.29, 0.717) is 11.6 Å². The Labute approximate surface area is 130 Å². The lowest BCUT2D eigenvalue weighted by molar-refractivity contribution is 0.122. The predicted molar refractivity (Wildman–Crippen MR) is 83.8 cm³/mol. The third-order valence-corrected chi connectivity index (χ3v) is 3.37. The molecule has 2 N–H and O–H groups in total. The van der Waals surface area contributed by atoms with E-state index in [2.05, 4.69) is 0 Å². The third kappa shape index (κ3) is 3.78. The maximum atomic E-state index is 12.2. The van der Waals surface area contributed by atoms with Crippen molar-refractivity contribution in [1.29, 1.82) is 0 Å². The zero-order valence-electron chi connectivity index (χ0n) is 11.6. The summed E-state index contributed by atoms with van der Waals surface area (Å²) < 4.78 is 5.28. The fraction of sp³-hybridized carbons (Fsp3) is 0.500. The second-order valence-electron chi connectivity index (χ2n) is 5.04. The lowest BCUT2D eigenvalue weighted by Crippen LogP contribution is -2.34. The number of nitrogens with two attached hydrogens (primary N) is 1. The Morgan fingerprint density at radius 1 is 1.50 bits per heavy atom. The number of hydrogen-bond acceptors (Lipinski definition) is 3. The van der Waals surface area contributed by atoms with Crippen molar-refractivity contribution in [3.8, 4) is 0 Å². The summed E-state index contributed by atoms with van der Waals surface area (Å²) in [5.74, 6) is 0. The molecule has 1 aromatic rings. The summed E-state index contributed by atoms with van der Waals surface area (Å²) in [5.41, 5.74) is 7.85. The van der Waals surface area contributed by atoms with Crippen LogP contribution in [-0.2, 0) is 4.74 Å². The van der Waals surface area contributed by atoms with Crippen molar-refractivity contribution < 1.29 is 9.53 Å². The summed E-state index contributed by atoms with van der Waals surface area (Å²) in [6.45, 7) is 4.27. The van der Waals surface area contributed by atoms with Gasteiger partial charge in [0, 0.05) is 17.6 Å². The number of anilines is 1. The minimum atomic E-state index is -0.340. The zero-order chi connectivity index (χ0) is 14.0. The summed E-state index contributed by atoms with van der Waals surface area (Å²) in [6, 6.07) is 5.41. The van der Waals surface area contributed by atoms with Crippen LogP contribution in [-0.4, -0.2) is 18.7 Å². The smallest absolute Gasteiger partial charge is 0.414 e. The fourth-order valence-electron chi connectivity index (χ4n) is 2.26.